The molecule has 1 heterocycles. The van der Waals surface area contributed by atoms with Crippen molar-refractivity contribution in [3.63, 3.8) is 0 Å². The van der Waals surface area contributed by atoms with E-state index in [0.29, 0.717) is 17.2 Å². The van der Waals surface area contributed by atoms with Gasteiger partial charge in [-0.15, -0.1) is 23.2 Å². The molecule has 4 aromatic carbocycles. The number of amides is 3. The molecule has 0 radical (unpaired) electrons. The van der Waals surface area contributed by atoms with Gasteiger partial charge in [0.05, 0.1) is 11.8 Å². The van der Waals surface area contributed by atoms with Gasteiger partial charge in [-0.05, 0) is 76.7 Å². The molecule has 2 bridgehead atoms. The molecule has 3 aliphatic carbocycles. The molecule has 0 aromatic heterocycles. The topological polar surface area (TPSA) is 75.7 Å². The Bertz CT molecular complexity index is 1700. The van der Waals surface area contributed by atoms with E-state index < -0.39 is 45.3 Å². The molecule has 222 valence electrons. The molecule has 4 aromatic rings. The highest BCUT2D eigenvalue weighted by Crippen LogP contribution is 2.69. The lowest BCUT2D eigenvalue weighted by atomic mass is 9.54. The lowest BCUT2D eigenvalue weighted by molar-refractivity contribution is -0.148. The number of alkyl halides is 2. The van der Waals surface area contributed by atoms with Crippen LogP contribution in [0.2, 0.25) is 0 Å². The number of imide groups is 1. The van der Waals surface area contributed by atoms with Crippen molar-refractivity contribution in [3.8, 4) is 11.5 Å². The highest BCUT2D eigenvalue weighted by molar-refractivity contribution is 9.10. The number of likely N-dealkylation sites (tertiary alicyclic amines) is 1. The minimum absolute atomic E-state index is 0.386. The number of hydrogen-bond donors (Lipinski definition) is 1. The summed E-state index contributed by atoms with van der Waals surface area (Å²) in [6.45, 7) is 3.62. The van der Waals surface area contributed by atoms with Gasteiger partial charge in [-0.2, -0.15) is 0 Å². The van der Waals surface area contributed by atoms with Crippen molar-refractivity contribution in [1.82, 2.24) is 4.90 Å². The van der Waals surface area contributed by atoms with E-state index in [-0.39, 0.29) is 5.92 Å². The molecule has 3 atom stereocenters. The molecule has 0 saturated carbocycles. The van der Waals surface area contributed by atoms with Gasteiger partial charge in [0.25, 0.3) is 0 Å². The molecule has 1 fully saturated rings. The molecule has 1 aliphatic heterocycles. The quantitative estimate of drug-likeness (QED) is 0.166. The second-order valence-electron chi connectivity index (χ2n) is 11.8. The Hall–Kier alpha value is -3.65. The van der Waals surface area contributed by atoms with Gasteiger partial charge in [-0.1, -0.05) is 78.3 Å². The summed E-state index contributed by atoms with van der Waals surface area (Å²) in [5, 5.41) is 2.90. The zero-order chi connectivity index (χ0) is 31.0. The minimum Gasteiger partial charge on any atom is -0.457 e. The Balaban J connectivity index is 1.20. The average molecular weight is 690 g/mol. The summed E-state index contributed by atoms with van der Waals surface area (Å²) in [6.07, 6.45) is 0. The molecule has 0 unspecified atom stereocenters. The van der Waals surface area contributed by atoms with Crippen molar-refractivity contribution in [2.75, 3.05) is 5.32 Å². The zero-order valence-electron chi connectivity index (χ0n) is 23.8. The van der Waals surface area contributed by atoms with E-state index in [0.717, 1.165) is 31.6 Å². The molecular weight excluding hydrogens is 663 g/mol. The first-order valence-corrected chi connectivity index (χ1v) is 15.9. The summed E-state index contributed by atoms with van der Waals surface area (Å²) in [5.74, 6) is -2.52. The van der Waals surface area contributed by atoms with Crippen LogP contribution in [0.1, 0.15) is 36.1 Å². The van der Waals surface area contributed by atoms with Crippen molar-refractivity contribution in [2.45, 2.75) is 29.6 Å². The smallest absolute Gasteiger partial charge is 0.247 e. The third-order valence-corrected chi connectivity index (χ3v) is 10.8. The van der Waals surface area contributed by atoms with Gasteiger partial charge < -0.3 is 10.1 Å². The predicted molar refractivity (Wildman–Crippen MR) is 173 cm³/mol. The third kappa shape index (κ3) is 4.09. The first-order chi connectivity index (χ1) is 21.1. The molecule has 9 heteroatoms. The number of nitrogens with one attached hydrogen (secondary N) is 1. The monoisotopic (exact) mass is 688 g/mol. The number of halogens is 3. The van der Waals surface area contributed by atoms with Gasteiger partial charge >= 0.3 is 0 Å². The number of nitrogens with zero attached hydrogens (tertiary/aromatic N) is 1. The fourth-order valence-corrected chi connectivity index (χ4v) is 8.50. The van der Waals surface area contributed by atoms with Crippen LogP contribution in [0.5, 0.6) is 11.5 Å². The second-order valence-corrected chi connectivity index (χ2v) is 13.9. The Morgan fingerprint density at radius 2 is 1.16 bits per heavy atom. The standard InChI is InChI=1S/C35H27BrCl2N2O4/c1-19(2)30(31(41)39-21-13-17-23(18-14-21)44-22-15-11-20(36)12-16-22)40-32(42)28-29(33(40)43)35(38)25-8-4-3-7-24(25)34(28,37)26-9-5-6-10-27(26)35/h3-19,28-30H,1-2H3,(H,39,41)/t28-,29-,30+,34?,35?/m1/s1. The minimum atomic E-state index is -1.31. The molecule has 44 heavy (non-hydrogen) atoms. The first kappa shape index (κ1) is 29.1. The van der Waals surface area contributed by atoms with E-state index in [9.17, 15) is 14.4 Å². The summed E-state index contributed by atoms with van der Waals surface area (Å²) < 4.78 is 6.83. The van der Waals surface area contributed by atoms with Crippen molar-refractivity contribution >= 4 is 62.5 Å². The number of ether oxygens (including phenoxy) is 1. The Labute approximate surface area is 273 Å². The second kappa shape index (κ2) is 10.5. The zero-order valence-corrected chi connectivity index (χ0v) is 26.9. The van der Waals surface area contributed by atoms with Gasteiger partial charge in [0.2, 0.25) is 17.7 Å². The first-order valence-electron chi connectivity index (χ1n) is 14.4. The molecule has 3 amide bonds. The van der Waals surface area contributed by atoms with Crippen LogP contribution in [0.4, 0.5) is 5.69 Å². The van der Waals surface area contributed by atoms with Gasteiger partial charge in [-0.25, -0.2) is 0 Å². The van der Waals surface area contributed by atoms with Crippen LogP contribution in [-0.2, 0) is 24.1 Å². The SMILES string of the molecule is CC(C)[C@@H](C(=O)Nc1ccc(Oc2ccc(Br)cc2)cc1)N1C(=O)[C@H]2[C@H](C1=O)C1(Cl)c3ccccc3C2(Cl)c2ccccc21. The maximum atomic E-state index is 14.4. The predicted octanol–water partition coefficient (Wildman–Crippen LogP) is 7.80. The molecule has 6 nitrogen and oxygen atoms in total. The Morgan fingerprint density at radius 1 is 0.750 bits per heavy atom. The van der Waals surface area contributed by atoms with Gasteiger partial charge in [0.15, 0.2) is 0 Å². The lowest BCUT2D eigenvalue weighted by Gasteiger charge is -2.54. The van der Waals surface area contributed by atoms with Gasteiger partial charge in [0.1, 0.15) is 27.3 Å². The van der Waals surface area contributed by atoms with E-state index in [2.05, 4.69) is 21.2 Å². The Morgan fingerprint density at radius 3 is 1.57 bits per heavy atom. The summed E-state index contributed by atoms with van der Waals surface area (Å²) in [5.41, 5.74) is 3.38. The summed E-state index contributed by atoms with van der Waals surface area (Å²) in [7, 11) is 0. The van der Waals surface area contributed by atoms with Crippen LogP contribution < -0.4 is 10.1 Å². The van der Waals surface area contributed by atoms with Crippen molar-refractivity contribution in [3.05, 3.63) is 124 Å². The molecule has 8 rings (SSSR count). The van der Waals surface area contributed by atoms with Crippen LogP contribution in [0.15, 0.2) is 102 Å². The Kier molecular flexibility index (Phi) is 6.92. The maximum absolute atomic E-state index is 14.4. The highest BCUT2D eigenvalue weighted by atomic mass is 79.9. The largest absolute Gasteiger partial charge is 0.457 e. The fourth-order valence-electron chi connectivity index (χ4n) is 7.14. The maximum Gasteiger partial charge on any atom is 0.247 e. The van der Waals surface area contributed by atoms with Crippen LogP contribution in [-0.4, -0.2) is 28.7 Å². The molecular formula is C35H27BrCl2N2O4. The lowest BCUT2D eigenvalue weighted by Crippen LogP contribution is -2.57. The summed E-state index contributed by atoms with van der Waals surface area (Å²) >= 11 is 18.5. The van der Waals surface area contributed by atoms with Crippen molar-refractivity contribution < 1.29 is 19.1 Å². The van der Waals surface area contributed by atoms with E-state index in [4.69, 9.17) is 27.9 Å². The fraction of sp³-hybridized carbons (Fsp3) is 0.229. The number of carbonyl (C=O) groups is 3. The van der Waals surface area contributed by atoms with Crippen LogP contribution in [0.25, 0.3) is 0 Å². The van der Waals surface area contributed by atoms with Crippen LogP contribution in [0.3, 0.4) is 0 Å². The molecule has 0 spiro atoms. The number of rotatable bonds is 6. The normalized spacial score (nSPS) is 25.4. The van der Waals surface area contributed by atoms with Gasteiger partial charge in [-0.3, -0.25) is 19.3 Å². The highest BCUT2D eigenvalue weighted by Gasteiger charge is 2.73. The van der Waals surface area contributed by atoms with Crippen molar-refractivity contribution in [1.29, 1.82) is 0 Å². The number of hydrogen-bond acceptors (Lipinski definition) is 4. The summed E-state index contributed by atoms with van der Waals surface area (Å²) in [4.78, 5) is 41.2. The number of anilines is 1. The van der Waals surface area contributed by atoms with E-state index in [1.165, 1.54) is 0 Å². The van der Waals surface area contributed by atoms with Crippen LogP contribution >= 0.6 is 39.1 Å². The third-order valence-electron chi connectivity index (χ3n) is 8.97. The molecule has 4 aliphatic rings. The number of benzene rings is 4. The average Bonchev–Trinajstić information content (AvgIpc) is 3.28. The summed E-state index contributed by atoms with van der Waals surface area (Å²) in [6, 6.07) is 28.2. The van der Waals surface area contributed by atoms with Crippen LogP contribution in [0, 0.1) is 17.8 Å². The molecule has 1 N–H and O–H groups in total. The van der Waals surface area contributed by atoms with Crippen molar-refractivity contribution in [2.24, 2.45) is 17.8 Å². The van der Waals surface area contributed by atoms with Gasteiger partial charge in [0, 0.05) is 10.2 Å². The van der Waals surface area contributed by atoms with E-state index >= 15 is 0 Å². The molecule has 1 saturated heterocycles. The van der Waals surface area contributed by atoms with E-state index in [1.807, 2.05) is 86.6 Å². The van der Waals surface area contributed by atoms with E-state index in [1.54, 1.807) is 24.3 Å². The number of carbonyl (C=O) groups excluding carboxylic acids is 3.